The summed E-state index contributed by atoms with van der Waals surface area (Å²) >= 11 is 5.28. The van der Waals surface area contributed by atoms with Gasteiger partial charge in [0.05, 0.1) is 5.88 Å². The summed E-state index contributed by atoms with van der Waals surface area (Å²) in [6.45, 7) is 0. The number of H-pyrrole nitrogens is 1. The summed E-state index contributed by atoms with van der Waals surface area (Å²) in [5.74, 6) is -1.36. The summed E-state index contributed by atoms with van der Waals surface area (Å²) in [4.78, 5) is 12.9. The molecule has 1 heterocycles. The van der Waals surface area contributed by atoms with Gasteiger partial charge in [0.15, 0.2) is 0 Å². The molecular weight excluding hydrogens is 207 g/mol. The second kappa shape index (κ2) is 3.83. The Bertz CT molecular complexity index is 363. The molecule has 0 aliphatic heterocycles. The van der Waals surface area contributed by atoms with Crippen molar-refractivity contribution in [1.82, 2.24) is 4.98 Å². The van der Waals surface area contributed by atoms with Gasteiger partial charge < -0.3 is 4.98 Å². The first kappa shape index (κ1) is 10.1. The summed E-state index contributed by atoms with van der Waals surface area (Å²) in [6, 6.07) is 0.788. The van der Waals surface area contributed by atoms with Crippen molar-refractivity contribution in [2.75, 3.05) is 0 Å². The molecule has 1 aromatic heterocycles. The maximum atomic E-state index is 12.8. The van der Waals surface area contributed by atoms with E-state index in [1.807, 2.05) is 4.98 Å². The molecule has 1 rings (SSSR count). The molecule has 0 aliphatic carbocycles. The maximum Gasteiger partial charge on any atom is 0.272 e. The minimum atomic E-state index is -3.12. The van der Waals surface area contributed by atoms with Crippen LogP contribution in [0.4, 0.5) is 13.2 Å². The van der Waals surface area contributed by atoms with E-state index in [0.29, 0.717) is 0 Å². The zero-order chi connectivity index (χ0) is 10.0. The van der Waals surface area contributed by atoms with Crippen LogP contribution in [0.1, 0.15) is 17.7 Å². The number of aromatic amines is 1. The average molecular weight is 212 g/mol. The second-order valence-electron chi connectivity index (χ2n) is 2.32. The van der Waals surface area contributed by atoms with E-state index in [9.17, 15) is 18.0 Å². The quantitative estimate of drug-likeness (QED) is 0.748. The van der Waals surface area contributed by atoms with Gasteiger partial charge in [0, 0.05) is 5.69 Å². The first-order chi connectivity index (χ1) is 6.06. The SMILES string of the molecule is O=c1[nH]c(CCl)cc(F)c1C(F)F. The van der Waals surface area contributed by atoms with Crippen LogP contribution >= 0.6 is 11.6 Å². The molecule has 13 heavy (non-hydrogen) atoms. The number of halogens is 4. The monoisotopic (exact) mass is 211 g/mol. The van der Waals surface area contributed by atoms with Crippen molar-refractivity contribution >= 4 is 11.6 Å². The topological polar surface area (TPSA) is 32.9 Å². The Morgan fingerprint density at radius 1 is 1.54 bits per heavy atom. The van der Waals surface area contributed by atoms with Crippen molar-refractivity contribution in [3.63, 3.8) is 0 Å². The van der Waals surface area contributed by atoms with Crippen molar-refractivity contribution in [3.05, 3.63) is 33.5 Å². The lowest BCUT2D eigenvalue weighted by Gasteiger charge is -2.01. The molecule has 0 amide bonds. The maximum absolute atomic E-state index is 12.8. The van der Waals surface area contributed by atoms with E-state index in [4.69, 9.17) is 11.6 Å². The molecular formula is C7H5ClF3NO. The van der Waals surface area contributed by atoms with E-state index in [1.54, 1.807) is 0 Å². The summed E-state index contributed by atoms with van der Waals surface area (Å²) in [5, 5.41) is 0. The van der Waals surface area contributed by atoms with Crippen molar-refractivity contribution < 1.29 is 13.2 Å². The number of alkyl halides is 3. The van der Waals surface area contributed by atoms with Crippen LogP contribution in [0.15, 0.2) is 10.9 Å². The minimum Gasteiger partial charge on any atom is -0.324 e. The van der Waals surface area contributed by atoms with Gasteiger partial charge in [-0.25, -0.2) is 13.2 Å². The number of nitrogens with one attached hydrogen (secondary N) is 1. The van der Waals surface area contributed by atoms with Crippen LogP contribution in [0.2, 0.25) is 0 Å². The highest BCUT2D eigenvalue weighted by atomic mass is 35.5. The molecule has 0 unspecified atom stereocenters. The van der Waals surface area contributed by atoms with E-state index < -0.39 is 23.4 Å². The minimum absolute atomic E-state index is 0.0774. The van der Waals surface area contributed by atoms with E-state index in [-0.39, 0.29) is 11.6 Å². The smallest absolute Gasteiger partial charge is 0.272 e. The Hall–Kier alpha value is -0.970. The number of aromatic nitrogens is 1. The molecule has 0 bridgehead atoms. The van der Waals surface area contributed by atoms with Crippen LogP contribution in [-0.2, 0) is 5.88 Å². The highest BCUT2D eigenvalue weighted by Crippen LogP contribution is 2.18. The molecule has 6 heteroatoms. The lowest BCUT2D eigenvalue weighted by molar-refractivity contribution is 0.144. The largest absolute Gasteiger partial charge is 0.324 e. The fourth-order valence-corrected chi connectivity index (χ4v) is 1.01. The third-order valence-corrected chi connectivity index (χ3v) is 1.73. The Morgan fingerprint density at radius 3 is 2.54 bits per heavy atom. The molecule has 2 nitrogen and oxygen atoms in total. The Balaban J connectivity index is 3.32. The average Bonchev–Trinajstić information content (AvgIpc) is 2.02. The van der Waals surface area contributed by atoms with Crippen molar-refractivity contribution in [1.29, 1.82) is 0 Å². The van der Waals surface area contributed by atoms with Crippen molar-refractivity contribution in [2.24, 2.45) is 0 Å². The predicted octanol–water partition coefficient (Wildman–Crippen LogP) is 2.19. The first-order valence-corrected chi connectivity index (χ1v) is 3.85. The van der Waals surface area contributed by atoms with Crippen molar-refractivity contribution in [2.45, 2.75) is 12.3 Å². The van der Waals surface area contributed by atoms with E-state index in [1.165, 1.54) is 0 Å². The Kier molecular flexibility index (Phi) is 2.98. The van der Waals surface area contributed by atoms with Gasteiger partial charge in [-0.2, -0.15) is 0 Å². The zero-order valence-electron chi connectivity index (χ0n) is 6.28. The summed E-state index contributed by atoms with van der Waals surface area (Å²) in [6.07, 6.45) is -3.12. The molecule has 0 fully saturated rings. The summed E-state index contributed by atoms with van der Waals surface area (Å²) in [7, 11) is 0. The van der Waals surface area contributed by atoms with Gasteiger partial charge in [-0.15, -0.1) is 11.6 Å². The molecule has 0 aliphatic rings. The molecule has 0 aromatic carbocycles. The molecule has 0 atom stereocenters. The number of rotatable bonds is 2. The standard InChI is InChI=1S/C7H5ClF3NO/c8-2-3-1-4(9)5(6(10)11)7(13)12-3/h1,6H,2H2,(H,12,13). The highest BCUT2D eigenvalue weighted by Gasteiger charge is 2.18. The van der Waals surface area contributed by atoms with Crippen LogP contribution in [-0.4, -0.2) is 4.98 Å². The molecule has 0 radical (unpaired) electrons. The second-order valence-corrected chi connectivity index (χ2v) is 2.59. The van der Waals surface area contributed by atoms with E-state index in [0.717, 1.165) is 6.07 Å². The van der Waals surface area contributed by atoms with Gasteiger partial charge in [-0.05, 0) is 6.07 Å². The van der Waals surface area contributed by atoms with Crippen LogP contribution < -0.4 is 5.56 Å². The number of hydrogen-bond donors (Lipinski definition) is 1. The molecule has 0 saturated carbocycles. The fraction of sp³-hybridized carbons (Fsp3) is 0.286. The van der Waals surface area contributed by atoms with E-state index >= 15 is 0 Å². The lowest BCUT2D eigenvalue weighted by atomic mass is 10.2. The number of pyridine rings is 1. The molecule has 72 valence electrons. The Labute approximate surface area is 76.3 Å². The zero-order valence-corrected chi connectivity index (χ0v) is 7.04. The van der Waals surface area contributed by atoms with Gasteiger partial charge in [-0.3, -0.25) is 4.79 Å². The predicted molar refractivity (Wildman–Crippen MR) is 41.5 cm³/mol. The summed E-state index contributed by atoms with van der Waals surface area (Å²) < 4.78 is 36.9. The van der Waals surface area contributed by atoms with Crippen LogP contribution in [0, 0.1) is 5.82 Å². The van der Waals surface area contributed by atoms with Gasteiger partial charge in [-0.1, -0.05) is 0 Å². The highest BCUT2D eigenvalue weighted by molar-refractivity contribution is 6.16. The van der Waals surface area contributed by atoms with Crippen LogP contribution in [0.3, 0.4) is 0 Å². The van der Waals surface area contributed by atoms with Gasteiger partial charge >= 0.3 is 0 Å². The fourth-order valence-electron chi connectivity index (χ4n) is 0.864. The molecule has 1 aromatic rings. The lowest BCUT2D eigenvalue weighted by Crippen LogP contribution is -2.17. The van der Waals surface area contributed by atoms with Crippen LogP contribution in [0.5, 0.6) is 0 Å². The third-order valence-electron chi connectivity index (χ3n) is 1.44. The first-order valence-electron chi connectivity index (χ1n) is 3.32. The Morgan fingerprint density at radius 2 is 2.15 bits per heavy atom. The molecule has 0 spiro atoms. The van der Waals surface area contributed by atoms with Crippen LogP contribution in [0.25, 0.3) is 0 Å². The summed E-state index contributed by atoms with van der Waals surface area (Å²) in [5.41, 5.74) is -2.20. The van der Waals surface area contributed by atoms with Gasteiger partial charge in [0.2, 0.25) is 0 Å². The number of hydrogen-bond acceptors (Lipinski definition) is 1. The van der Waals surface area contributed by atoms with Crippen molar-refractivity contribution in [3.8, 4) is 0 Å². The normalized spacial score (nSPS) is 10.8. The van der Waals surface area contributed by atoms with E-state index in [2.05, 4.69) is 0 Å². The molecule has 0 saturated heterocycles. The molecule has 1 N–H and O–H groups in total. The van der Waals surface area contributed by atoms with Gasteiger partial charge in [0.1, 0.15) is 11.4 Å². The van der Waals surface area contributed by atoms with Gasteiger partial charge in [0.25, 0.3) is 12.0 Å². The third kappa shape index (κ3) is 2.03.